The average molecular weight is 408 g/mol. The summed E-state index contributed by atoms with van der Waals surface area (Å²) in [6.07, 6.45) is 9.72. The van der Waals surface area contributed by atoms with Crippen molar-refractivity contribution in [2.24, 2.45) is 4.99 Å². The number of allylic oxidation sites excluding steroid dienone is 1. The van der Waals surface area contributed by atoms with Crippen LogP contribution in [0.1, 0.15) is 51.9 Å². The third-order valence-corrected chi connectivity index (χ3v) is 5.36. The monoisotopic (exact) mass is 407 g/mol. The fourth-order valence-electron chi connectivity index (χ4n) is 3.53. The van der Waals surface area contributed by atoms with Crippen LogP contribution in [-0.4, -0.2) is 80.7 Å². The van der Waals surface area contributed by atoms with Gasteiger partial charge in [0.2, 0.25) is 5.91 Å². The van der Waals surface area contributed by atoms with Crippen LogP contribution in [0.15, 0.2) is 16.6 Å². The Labute approximate surface area is 174 Å². The largest absolute Gasteiger partial charge is 0.450 e. The standard InChI is InChI=1S/C21H37N5O3/c1-4-29-21(28)26-14-11-18(12-15-26)24-20(23-16-19(27)25(2)3)22-13-10-17-8-6-5-7-9-17/h8,18H,4-7,9-16H2,1-3H3,(H2,22,23,24). The van der Waals surface area contributed by atoms with Gasteiger partial charge in [0.25, 0.3) is 0 Å². The zero-order chi connectivity index (χ0) is 21.1. The second-order valence-electron chi connectivity index (χ2n) is 7.84. The van der Waals surface area contributed by atoms with Crippen LogP contribution < -0.4 is 10.6 Å². The molecule has 0 atom stereocenters. The Bertz CT molecular complexity index is 595. The SMILES string of the molecule is CCOC(=O)N1CCC(NC(=NCC(=O)N(C)C)NCCC2=CCCCC2)CC1. The number of aliphatic imine (C=N–C) groups is 1. The van der Waals surface area contributed by atoms with Gasteiger partial charge in [-0.25, -0.2) is 9.79 Å². The number of hydrogen-bond acceptors (Lipinski definition) is 4. The summed E-state index contributed by atoms with van der Waals surface area (Å²) in [6.45, 7) is 4.45. The molecule has 2 amide bonds. The van der Waals surface area contributed by atoms with E-state index >= 15 is 0 Å². The summed E-state index contributed by atoms with van der Waals surface area (Å²) in [4.78, 5) is 31.6. The highest BCUT2D eigenvalue weighted by molar-refractivity contribution is 5.85. The van der Waals surface area contributed by atoms with E-state index in [1.165, 1.54) is 31.3 Å². The van der Waals surface area contributed by atoms with E-state index in [2.05, 4.69) is 21.7 Å². The average Bonchev–Trinajstić information content (AvgIpc) is 2.73. The molecule has 29 heavy (non-hydrogen) atoms. The second kappa shape index (κ2) is 12.3. The highest BCUT2D eigenvalue weighted by Crippen LogP contribution is 2.19. The molecule has 2 rings (SSSR count). The number of guanidine groups is 1. The van der Waals surface area contributed by atoms with Gasteiger partial charge in [-0.05, 0) is 51.9 Å². The number of rotatable bonds is 7. The molecule has 0 aromatic carbocycles. The lowest BCUT2D eigenvalue weighted by molar-refractivity contribution is -0.127. The summed E-state index contributed by atoms with van der Waals surface area (Å²) >= 11 is 0. The summed E-state index contributed by atoms with van der Waals surface area (Å²) in [5, 5.41) is 6.83. The smallest absolute Gasteiger partial charge is 0.409 e. The van der Waals surface area contributed by atoms with Crippen molar-refractivity contribution in [1.82, 2.24) is 20.4 Å². The zero-order valence-electron chi connectivity index (χ0n) is 18.2. The van der Waals surface area contributed by atoms with E-state index < -0.39 is 0 Å². The van der Waals surface area contributed by atoms with Crippen LogP contribution in [-0.2, 0) is 9.53 Å². The van der Waals surface area contributed by atoms with Gasteiger partial charge < -0.3 is 25.2 Å². The molecule has 1 heterocycles. The number of likely N-dealkylation sites (N-methyl/N-ethyl adjacent to an activating group) is 1. The van der Waals surface area contributed by atoms with Crippen molar-refractivity contribution in [3.8, 4) is 0 Å². The van der Waals surface area contributed by atoms with Gasteiger partial charge >= 0.3 is 6.09 Å². The molecule has 8 nitrogen and oxygen atoms in total. The fourth-order valence-corrected chi connectivity index (χ4v) is 3.53. The second-order valence-corrected chi connectivity index (χ2v) is 7.84. The maximum absolute atomic E-state index is 11.9. The van der Waals surface area contributed by atoms with E-state index in [4.69, 9.17) is 4.74 Å². The van der Waals surface area contributed by atoms with E-state index in [0.29, 0.717) is 25.7 Å². The van der Waals surface area contributed by atoms with Gasteiger partial charge in [-0.2, -0.15) is 0 Å². The normalized spacial score (nSPS) is 18.1. The van der Waals surface area contributed by atoms with Crippen LogP contribution in [0.3, 0.4) is 0 Å². The molecule has 1 saturated heterocycles. The number of amides is 2. The van der Waals surface area contributed by atoms with E-state index in [0.717, 1.165) is 25.8 Å². The Morgan fingerprint density at radius 2 is 2.03 bits per heavy atom. The fraction of sp³-hybridized carbons (Fsp3) is 0.762. The number of likely N-dealkylation sites (tertiary alicyclic amines) is 1. The molecule has 2 N–H and O–H groups in total. The van der Waals surface area contributed by atoms with Gasteiger partial charge in [0.05, 0.1) is 6.61 Å². The number of hydrogen-bond donors (Lipinski definition) is 2. The predicted octanol–water partition coefficient (Wildman–Crippen LogP) is 2.12. The van der Waals surface area contributed by atoms with E-state index in [1.807, 2.05) is 6.92 Å². The third kappa shape index (κ3) is 8.33. The van der Waals surface area contributed by atoms with Crippen LogP contribution in [0.2, 0.25) is 0 Å². The van der Waals surface area contributed by atoms with Gasteiger partial charge in [0, 0.05) is 39.8 Å². The Hall–Kier alpha value is -2.25. The molecule has 0 saturated carbocycles. The zero-order valence-corrected chi connectivity index (χ0v) is 18.2. The Morgan fingerprint density at radius 1 is 1.28 bits per heavy atom. The molecule has 0 aromatic heterocycles. The van der Waals surface area contributed by atoms with Gasteiger partial charge in [0.1, 0.15) is 6.54 Å². The maximum Gasteiger partial charge on any atom is 0.409 e. The molecule has 2 aliphatic rings. The van der Waals surface area contributed by atoms with Gasteiger partial charge in [0.15, 0.2) is 5.96 Å². The molecular formula is C21H37N5O3. The van der Waals surface area contributed by atoms with Crippen molar-refractivity contribution in [3.05, 3.63) is 11.6 Å². The topological polar surface area (TPSA) is 86.3 Å². The number of nitrogens with zero attached hydrogens (tertiary/aromatic N) is 3. The van der Waals surface area contributed by atoms with Crippen LogP contribution in [0.5, 0.6) is 0 Å². The molecule has 0 spiro atoms. The van der Waals surface area contributed by atoms with Crippen molar-refractivity contribution in [1.29, 1.82) is 0 Å². The number of piperidine rings is 1. The van der Waals surface area contributed by atoms with Crippen molar-refractivity contribution in [2.75, 3.05) is 46.9 Å². The lowest BCUT2D eigenvalue weighted by atomic mass is 9.97. The number of nitrogens with one attached hydrogen (secondary N) is 2. The molecule has 164 valence electrons. The van der Waals surface area contributed by atoms with Crippen molar-refractivity contribution in [3.63, 3.8) is 0 Å². The highest BCUT2D eigenvalue weighted by atomic mass is 16.6. The minimum absolute atomic E-state index is 0.0294. The molecule has 0 aromatic rings. The first-order valence-corrected chi connectivity index (χ1v) is 10.8. The van der Waals surface area contributed by atoms with E-state index in [1.54, 1.807) is 23.9 Å². The summed E-state index contributed by atoms with van der Waals surface area (Å²) in [5.41, 5.74) is 1.51. The first-order chi connectivity index (χ1) is 14.0. The van der Waals surface area contributed by atoms with Gasteiger partial charge in [-0.3, -0.25) is 4.79 Å². The van der Waals surface area contributed by atoms with Gasteiger partial charge in [-0.1, -0.05) is 11.6 Å². The quantitative estimate of drug-likeness (QED) is 0.384. The molecule has 1 aliphatic heterocycles. The lowest BCUT2D eigenvalue weighted by Gasteiger charge is -2.32. The van der Waals surface area contributed by atoms with Crippen LogP contribution in [0, 0.1) is 0 Å². The van der Waals surface area contributed by atoms with Crippen molar-refractivity contribution in [2.45, 2.75) is 57.9 Å². The Morgan fingerprint density at radius 3 is 2.66 bits per heavy atom. The summed E-state index contributed by atoms with van der Waals surface area (Å²) in [5.74, 6) is 0.643. The first kappa shape index (κ1) is 23.0. The van der Waals surface area contributed by atoms with E-state index in [9.17, 15) is 9.59 Å². The molecule has 0 unspecified atom stereocenters. The highest BCUT2D eigenvalue weighted by Gasteiger charge is 2.24. The Balaban J connectivity index is 1.85. The number of carbonyl (C=O) groups excluding carboxylic acids is 2. The molecule has 1 fully saturated rings. The minimum Gasteiger partial charge on any atom is -0.450 e. The van der Waals surface area contributed by atoms with Crippen LogP contribution >= 0.6 is 0 Å². The third-order valence-electron chi connectivity index (χ3n) is 5.36. The summed E-state index contributed by atoms with van der Waals surface area (Å²) in [6, 6.07) is 0.218. The first-order valence-electron chi connectivity index (χ1n) is 10.8. The molecule has 8 heteroatoms. The number of ether oxygens (including phenoxy) is 1. The molecule has 0 radical (unpaired) electrons. The predicted molar refractivity (Wildman–Crippen MR) is 115 cm³/mol. The summed E-state index contributed by atoms with van der Waals surface area (Å²) < 4.78 is 5.08. The molecule has 1 aliphatic carbocycles. The maximum atomic E-state index is 11.9. The van der Waals surface area contributed by atoms with Crippen LogP contribution in [0.25, 0.3) is 0 Å². The van der Waals surface area contributed by atoms with Crippen LogP contribution in [0.4, 0.5) is 4.79 Å². The summed E-state index contributed by atoms with van der Waals surface area (Å²) in [7, 11) is 3.47. The minimum atomic E-state index is -0.240. The van der Waals surface area contributed by atoms with Crippen molar-refractivity contribution < 1.29 is 14.3 Å². The molecule has 0 bridgehead atoms. The number of carbonyl (C=O) groups is 2. The molecular weight excluding hydrogens is 370 g/mol. The Kier molecular flexibility index (Phi) is 9.80. The lowest BCUT2D eigenvalue weighted by Crippen LogP contribution is -2.50. The van der Waals surface area contributed by atoms with Crippen molar-refractivity contribution >= 4 is 18.0 Å². The van der Waals surface area contributed by atoms with Gasteiger partial charge in [-0.15, -0.1) is 0 Å². The van der Waals surface area contributed by atoms with E-state index in [-0.39, 0.29) is 24.6 Å².